The fourth-order valence-corrected chi connectivity index (χ4v) is 4.01. The third-order valence-electron chi connectivity index (χ3n) is 4.91. The first-order valence-corrected chi connectivity index (χ1v) is 9.84. The predicted octanol–water partition coefficient (Wildman–Crippen LogP) is 2.63. The molecule has 0 saturated heterocycles. The zero-order valence-corrected chi connectivity index (χ0v) is 17.8. The quantitative estimate of drug-likeness (QED) is 0.507. The third-order valence-corrected chi connectivity index (χ3v) is 5.40. The molecular weight excluding hydrogens is 444 g/mol. The van der Waals surface area contributed by atoms with Crippen molar-refractivity contribution in [3.05, 3.63) is 51.0 Å². The number of benzene rings is 1. The van der Waals surface area contributed by atoms with E-state index in [1.807, 2.05) is 6.92 Å². The second-order valence-corrected chi connectivity index (χ2v) is 7.56. The van der Waals surface area contributed by atoms with Gasteiger partial charge in [0.2, 0.25) is 11.8 Å². The van der Waals surface area contributed by atoms with Crippen molar-refractivity contribution in [2.24, 2.45) is 5.73 Å². The molecular formula is C20H21BrN2O6. The molecule has 2 aliphatic rings. The molecule has 1 unspecified atom stereocenters. The molecule has 3 rings (SSSR count). The van der Waals surface area contributed by atoms with Gasteiger partial charge in [-0.15, -0.1) is 0 Å². The second kappa shape index (κ2) is 7.90. The molecule has 1 spiro atoms. The maximum absolute atomic E-state index is 13.4. The molecule has 0 bridgehead atoms. The lowest BCUT2D eigenvalue weighted by molar-refractivity contribution is -0.142. The number of carbonyl (C=O) groups excluding carboxylic acids is 3. The number of carbonyl (C=O) groups is 3. The van der Waals surface area contributed by atoms with Gasteiger partial charge in [0.05, 0.1) is 13.7 Å². The van der Waals surface area contributed by atoms with E-state index < -0.39 is 23.3 Å². The maximum atomic E-state index is 13.4. The summed E-state index contributed by atoms with van der Waals surface area (Å²) >= 11 is 3.38. The average molecular weight is 465 g/mol. The largest absolute Gasteiger partial charge is 0.466 e. The number of amides is 1. The van der Waals surface area contributed by atoms with Gasteiger partial charge >= 0.3 is 11.9 Å². The van der Waals surface area contributed by atoms with Gasteiger partial charge in [0.1, 0.15) is 22.3 Å². The summed E-state index contributed by atoms with van der Waals surface area (Å²) in [5.74, 6) is -2.47. The number of allylic oxidation sites excluding steroid dienone is 1. The molecule has 29 heavy (non-hydrogen) atoms. The molecule has 0 aliphatic carbocycles. The molecule has 2 aliphatic heterocycles. The van der Waals surface area contributed by atoms with Gasteiger partial charge in [-0.1, -0.05) is 29.3 Å². The summed E-state index contributed by atoms with van der Waals surface area (Å²) in [6.45, 7) is 3.58. The predicted molar refractivity (Wildman–Crippen MR) is 107 cm³/mol. The van der Waals surface area contributed by atoms with Gasteiger partial charge in [-0.2, -0.15) is 0 Å². The fourth-order valence-electron chi connectivity index (χ4n) is 3.65. The lowest BCUT2D eigenvalue weighted by Crippen LogP contribution is -2.48. The Morgan fingerprint density at radius 1 is 1.28 bits per heavy atom. The number of anilines is 1. The van der Waals surface area contributed by atoms with E-state index in [1.54, 1.807) is 18.2 Å². The number of hydrogen-bond acceptors (Lipinski definition) is 7. The van der Waals surface area contributed by atoms with Crippen molar-refractivity contribution in [3.8, 4) is 0 Å². The van der Waals surface area contributed by atoms with Crippen LogP contribution in [0.15, 0.2) is 45.5 Å². The molecule has 2 heterocycles. The van der Waals surface area contributed by atoms with E-state index >= 15 is 0 Å². The van der Waals surface area contributed by atoms with Gasteiger partial charge in [0.25, 0.3) is 0 Å². The zero-order valence-electron chi connectivity index (χ0n) is 16.3. The molecule has 154 valence electrons. The Kier molecular flexibility index (Phi) is 5.70. The van der Waals surface area contributed by atoms with Crippen LogP contribution in [0.4, 0.5) is 5.69 Å². The first kappa shape index (κ1) is 20.9. The van der Waals surface area contributed by atoms with Crippen LogP contribution in [0.25, 0.3) is 0 Å². The Labute approximate surface area is 176 Å². The summed E-state index contributed by atoms with van der Waals surface area (Å²) in [5.41, 5.74) is 4.69. The minimum absolute atomic E-state index is 0.0717. The van der Waals surface area contributed by atoms with Gasteiger partial charge < -0.3 is 25.3 Å². The number of ether oxygens (including phenoxy) is 3. The molecule has 8 nitrogen and oxygen atoms in total. The molecule has 9 heteroatoms. The number of methoxy groups -OCH3 is 1. The number of esters is 2. The monoisotopic (exact) mass is 464 g/mol. The Morgan fingerprint density at radius 2 is 2.00 bits per heavy atom. The Balaban J connectivity index is 2.30. The zero-order chi connectivity index (χ0) is 21.3. The summed E-state index contributed by atoms with van der Waals surface area (Å²) in [7, 11) is 1.19. The van der Waals surface area contributed by atoms with Crippen molar-refractivity contribution in [2.75, 3.05) is 19.0 Å². The van der Waals surface area contributed by atoms with E-state index in [9.17, 15) is 14.4 Å². The second-order valence-electron chi connectivity index (χ2n) is 6.65. The molecule has 0 aromatic heterocycles. The van der Waals surface area contributed by atoms with Crippen LogP contribution < -0.4 is 11.1 Å². The van der Waals surface area contributed by atoms with Crippen molar-refractivity contribution >= 4 is 39.5 Å². The minimum Gasteiger partial charge on any atom is -0.466 e. The summed E-state index contributed by atoms with van der Waals surface area (Å²) < 4.78 is 16.4. The Bertz CT molecular complexity index is 968. The van der Waals surface area contributed by atoms with Crippen LogP contribution >= 0.6 is 15.9 Å². The molecule has 1 aromatic rings. The van der Waals surface area contributed by atoms with E-state index in [4.69, 9.17) is 19.9 Å². The summed E-state index contributed by atoms with van der Waals surface area (Å²) in [4.78, 5) is 39.2. The summed E-state index contributed by atoms with van der Waals surface area (Å²) in [6.07, 6.45) is 1.45. The van der Waals surface area contributed by atoms with Crippen molar-refractivity contribution in [1.82, 2.24) is 0 Å². The van der Waals surface area contributed by atoms with Crippen LogP contribution in [0, 0.1) is 0 Å². The summed E-state index contributed by atoms with van der Waals surface area (Å²) in [6, 6.07) is 5.06. The van der Waals surface area contributed by atoms with E-state index in [0.29, 0.717) is 22.1 Å². The first-order chi connectivity index (χ1) is 13.8. The third kappa shape index (κ3) is 3.19. The topological polar surface area (TPSA) is 117 Å². The minimum atomic E-state index is -1.85. The number of unbranched alkanes of at least 4 members (excludes halogenated alkanes) is 1. The van der Waals surface area contributed by atoms with Gasteiger partial charge in [0, 0.05) is 15.7 Å². The summed E-state index contributed by atoms with van der Waals surface area (Å²) in [5, 5.41) is 2.73. The van der Waals surface area contributed by atoms with E-state index in [1.165, 1.54) is 14.0 Å². The molecule has 3 N–H and O–H groups in total. The molecule has 1 atom stereocenters. The van der Waals surface area contributed by atoms with E-state index in [2.05, 4.69) is 21.2 Å². The smallest absolute Gasteiger partial charge is 0.341 e. The van der Waals surface area contributed by atoms with Gasteiger partial charge in [-0.05, 0) is 31.5 Å². The van der Waals surface area contributed by atoms with Crippen molar-refractivity contribution in [3.63, 3.8) is 0 Å². The van der Waals surface area contributed by atoms with Crippen LogP contribution in [0.2, 0.25) is 0 Å². The Morgan fingerprint density at radius 3 is 2.66 bits per heavy atom. The van der Waals surface area contributed by atoms with Crippen LogP contribution in [0.5, 0.6) is 0 Å². The van der Waals surface area contributed by atoms with Crippen LogP contribution in [0.3, 0.4) is 0 Å². The molecule has 0 saturated carbocycles. The van der Waals surface area contributed by atoms with Crippen molar-refractivity contribution in [1.29, 1.82) is 0 Å². The first-order valence-electron chi connectivity index (χ1n) is 9.05. The van der Waals surface area contributed by atoms with Crippen molar-refractivity contribution < 1.29 is 28.6 Å². The van der Waals surface area contributed by atoms with Gasteiger partial charge in [0.15, 0.2) is 0 Å². The SMILES string of the molecule is CCCCOC(=O)C1=C(N)OC(C)=C(C(=O)OC)C12C(=O)Nc1ccc(Br)cc12. The Hall–Kier alpha value is -2.81. The number of halogens is 1. The standard InChI is InChI=1S/C20H21BrN2O6/c1-4-5-8-28-18(25)15-16(22)29-10(2)14(17(24)27-3)20(15)12-9-11(21)6-7-13(12)23-19(20)26/h6-7,9H,4-5,8,22H2,1-3H3,(H,23,26). The number of hydrogen-bond donors (Lipinski definition) is 2. The molecule has 1 amide bonds. The molecule has 1 aromatic carbocycles. The van der Waals surface area contributed by atoms with Gasteiger partial charge in [-0.3, -0.25) is 4.79 Å². The van der Waals surface area contributed by atoms with Gasteiger partial charge in [-0.25, -0.2) is 9.59 Å². The highest BCUT2D eigenvalue weighted by molar-refractivity contribution is 9.10. The maximum Gasteiger partial charge on any atom is 0.341 e. The van der Waals surface area contributed by atoms with Crippen molar-refractivity contribution in [2.45, 2.75) is 32.1 Å². The molecule has 0 radical (unpaired) electrons. The van der Waals surface area contributed by atoms with E-state index in [0.717, 1.165) is 6.42 Å². The van der Waals surface area contributed by atoms with Crippen LogP contribution in [-0.2, 0) is 34.0 Å². The number of nitrogens with one attached hydrogen (secondary N) is 1. The highest BCUT2D eigenvalue weighted by Gasteiger charge is 2.61. The van der Waals surface area contributed by atoms with E-state index in [-0.39, 0.29) is 29.4 Å². The average Bonchev–Trinajstić information content (AvgIpc) is 2.93. The number of fused-ring (bicyclic) bond motifs is 2. The number of rotatable bonds is 5. The number of nitrogens with two attached hydrogens (primary N) is 1. The lowest BCUT2D eigenvalue weighted by Gasteiger charge is -2.35. The molecule has 0 fully saturated rings. The normalized spacial score (nSPS) is 20.3. The highest BCUT2D eigenvalue weighted by atomic mass is 79.9. The fraction of sp³-hybridized carbons (Fsp3) is 0.350. The van der Waals surface area contributed by atoms with Crippen LogP contribution in [0.1, 0.15) is 32.3 Å². The lowest BCUT2D eigenvalue weighted by atomic mass is 9.67. The highest BCUT2D eigenvalue weighted by Crippen LogP contribution is 2.53. The van der Waals surface area contributed by atoms with Crippen LogP contribution in [-0.4, -0.2) is 31.6 Å².